The van der Waals surface area contributed by atoms with Gasteiger partial charge in [-0.2, -0.15) is 0 Å². The van der Waals surface area contributed by atoms with Gasteiger partial charge in [0.25, 0.3) is 0 Å². The van der Waals surface area contributed by atoms with Crippen molar-refractivity contribution < 1.29 is 17.6 Å². The minimum Gasteiger partial charge on any atom is -0.494 e. The molecule has 0 saturated heterocycles. The molecule has 21 heavy (non-hydrogen) atoms. The van der Waals surface area contributed by atoms with Gasteiger partial charge in [-0.1, -0.05) is 0 Å². The van der Waals surface area contributed by atoms with Crippen LogP contribution in [0.5, 0.6) is 5.75 Å². The minimum absolute atomic E-state index is 0.203. The second kappa shape index (κ2) is 6.73. The van der Waals surface area contributed by atoms with Crippen LogP contribution < -0.4 is 9.46 Å². The van der Waals surface area contributed by atoms with Crippen LogP contribution in [0, 0.1) is 6.92 Å². The lowest BCUT2D eigenvalue weighted by Gasteiger charge is -2.07. The third-order valence-electron chi connectivity index (χ3n) is 2.75. The van der Waals surface area contributed by atoms with Crippen LogP contribution in [0.3, 0.4) is 0 Å². The van der Waals surface area contributed by atoms with Gasteiger partial charge in [0.05, 0.1) is 17.7 Å². The Morgan fingerprint density at radius 2 is 2.00 bits per heavy atom. The normalized spacial score (nSPS) is 11.5. The predicted octanol–water partition coefficient (Wildman–Crippen LogP) is 1.90. The topological polar surface area (TPSA) is 81.4 Å². The minimum atomic E-state index is -3.53. The highest BCUT2D eigenvalue weighted by Crippen LogP contribution is 2.15. The van der Waals surface area contributed by atoms with Crippen molar-refractivity contribution >= 4 is 10.0 Å². The van der Waals surface area contributed by atoms with Crippen LogP contribution in [-0.2, 0) is 16.4 Å². The van der Waals surface area contributed by atoms with Crippen molar-refractivity contribution in [3.8, 4) is 5.75 Å². The maximum absolute atomic E-state index is 12.1. The number of aromatic nitrogens is 1. The molecule has 0 amide bonds. The quantitative estimate of drug-likeness (QED) is 0.844. The van der Waals surface area contributed by atoms with Gasteiger partial charge in [0.2, 0.25) is 10.0 Å². The molecule has 0 aliphatic heterocycles. The summed E-state index contributed by atoms with van der Waals surface area (Å²) in [6, 6.07) is 6.30. The third-order valence-corrected chi connectivity index (χ3v) is 4.22. The molecule has 1 N–H and O–H groups in total. The van der Waals surface area contributed by atoms with E-state index in [1.165, 1.54) is 12.1 Å². The van der Waals surface area contributed by atoms with E-state index in [1.54, 1.807) is 25.3 Å². The molecule has 114 valence electrons. The molecule has 2 aromatic rings. The molecule has 0 saturated carbocycles. The molecule has 0 unspecified atom stereocenters. The maximum atomic E-state index is 12.1. The molecular formula is C14H18N2O4S. The molecule has 0 fully saturated rings. The van der Waals surface area contributed by atoms with Gasteiger partial charge in [0, 0.05) is 13.0 Å². The van der Waals surface area contributed by atoms with Crippen LogP contribution in [0.1, 0.15) is 18.6 Å². The van der Waals surface area contributed by atoms with Gasteiger partial charge < -0.3 is 9.15 Å². The van der Waals surface area contributed by atoms with Crippen molar-refractivity contribution in [2.45, 2.75) is 25.2 Å². The van der Waals surface area contributed by atoms with Gasteiger partial charge in [-0.3, -0.25) is 0 Å². The van der Waals surface area contributed by atoms with E-state index in [-0.39, 0.29) is 11.4 Å². The zero-order valence-corrected chi connectivity index (χ0v) is 12.8. The van der Waals surface area contributed by atoms with E-state index in [2.05, 4.69) is 9.71 Å². The Morgan fingerprint density at radius 3 is 2.57 bits per heavy atom. The molecule has 2 rings (SSSR count). The van der Waals surface area contributed by atoms with Gasteiger partial charge in [-0.15, -0.1) is 0 Å². The first kappa shape index (κ1) is 15.5. The van der Waals surface area contributed by atoms with E-state index in [1.807, 2.05) is 6.92 Å². The third kappa shape index (κ3) is 4.30. The van der Waals surface area contributed by atoms with Crippen LogP contribution in [0.15, 0.2) is 39.8 Å². The summed E-state index contributed by atoms with van der Waals surface area (Å²) in [4.78, 5) is 4.23. The first-order valence-electron chi connectivity index (χ1n) is 6.65. The fraction of sp³-hybridized carbons (Fsp3) is 0.357. The number of nitrogens with zero attached hydrogens (tertiary/aromatic N) is 1. The second-order valence-electron chi connectivity index (χ2n) is 4.42. The molecule has 6 nitrogen and oxygen atoms in total. The Labute approximate surface area is 124 Å². The largest absolute Gasteiger partial charge is 0.494 e. The number of hydrogen-bond acceptors (Lipinski definition) is 5. The number of aryl methyl sites for hydroxylation is 1. The van der Waals surface area contributed by atoms with E-state index in [9.17, 15) is 8.42 Å². The van der Waals surface area contributed by atoms with E-state index in [4.69, 9.17) is 9.15 Å². The fourth-order valence-corrected chi connectivity index (χ4v) is 2.81. The Balaban J connectivity index is 1.94. The van der Waals surface area contributed by atoms with Crippen LogP contribution in [-0.4, -0.2) is 26.6 Å². The molecule has 1 heterocycles. The monoisotopic (exact) mass is 310 g/mol. The van der Waals surface area contributed by atoms with Gasteiger partial charge in [0.1, 0.15) is 11.5 Å². The van der Waals surface area contributed by atoms with Crippen LogP contribution >= 0.6 is 0 Å². The number of nitrogens with one attached hydrogen (secondary N) is 1. The van der Waals surface area contributed by atoms with Crippen molar-refractivity contribution in [2.24, 2.45) is 0 Å². The van der Waals surface area contributed by atoms with Gasteiger partial charge >= 0.3 is 0 Å². The van der Waals surface area contributed by atoms with Crippen LogP contribution in [0.25, 0.3) is 0 Å². The van der Waals surface area contributed by atoms with Crippen LogP contribution in [0.2, 0.25) is 0 Å². The number of sulfonamides is 1. The predicted molar refractivity (Wildman–Crippen MR) is 77.7 cm³/mol. The molecule has 1 aromatic carbocycles. The summed E-state index contributed by atoms with van der Waals surface area (Å²) < 4.78 is 37.3. The lowest BCUT2D eigenvalue weighted by Crippen LogP contribution is -2.26. The highest BCUT2D eigenvalue weighted by molar-refractivity contribution is 7.89. The average molecular weight is 310 g/mol. The molecule has 0 radical (unpaired) electrons. The standard InChI is InChI=1S/C14H18N2O4S/c1-3-19-12-4-6-13(7-5-12)21(17,18)16-9-8-14-15-10-11(2)20-14/h4-7,10,16H,3,8-9H2,1-2H3. The number of ether oxygens (including phenoxy) is 1. The first-order chi connectivity index (χ1) is 10.0. The van der Waals surface area contributed by atoms with Crippen molar-refractivity contribution in [3.63, 3.8) is 0 Å². The number of rotatable bonds is 7. The summed E-state index contributed by atoms with van der Waals surface area (Å²) in [5, 5.41) is 0. The summed E-state index contributed by atoms with van der Waals surface area (Å²) in [7, 11) is -3.53. The molecule has 0 aliphatic carbocycles. The lowest BCUT2D eigenvalue weighted by atomic mass is 10.3. The van der Waals surface area contributed by atoms with Crippen molar-refractivity contribution in [2.75, 3.05) is 13.2 Å². The molecule has 7 heteroatoms. The average Bonchev–Trinajstić information content (AvgIpc) is 2.85. The van der Waals surface area contributed by atoms with Crippen LogP contribution in [0.4, 0.5) is 0 Å². The summed E-state index contributed by atoms with van der Waals surface area (Å²) in [5.74, 6) is 1.87. The molecular weight excluding hydrogens is 292 g/mol. The number of oxazole rings is 1. The van der Waals surface area contributed by atoms with E-state index in [0.717, 1.165) is 0 Å². The summed E-state index contributed by atoms with van der Waals surface area (Å²) in [5.41, 5.74) is 0. The fourth-order valence-electron chi connectivity index (χ4n) is 1.77. The highest BCUT2D eigenvalue weighted by Gasteiger charge is 2.14. The molecule has 0 bridgehead atoms. The van der Waals surface area contributed by atoms with Gasteiger partial charge in [0.15, 0.2) is 5.89 Å². The zero-order valence-electron chi connectivity index (χ0n) is 12.0. The maximum Gasteiger partial charge on any atom is 0.240 e. The zero-order chi connectivity index (χ0) is 15.3. The molecule has 0 atom stereocenters. The van der Waals surface area contributed by atoms with Crippen molar-refractivity contribution in [1.29, 1.82) is 0 Å². The second-order valence-corrected chi connectivity index (χ2v) is 6.18. The summed E-state index contributed by atoms with van der Waals surface area (Å²) >= 11 is 0. The molecule has 0 spiro atoms. The smallest absolute Gasteiger partial charge is 0.240 e. The Kier molecular flexibility index (Phi) is 4.98. The molecule has 1 aromatic heterocycles. The Hall–Kier alpha value is -1.86. The van der Waals surface area contributed by atoms with E-state index < -0.39 is 10.0 Å². The number of benzene rings is 1. The van der Waals surface area contributed by atoms with Crippen molar-refractivity contribution in [3.05, 3.63) is 42.1 Å². The summed E-state index contributed by atoms with van der Waals surface area (Å²) in [6.45, 7) is 4.44. The SMILES string of the molecule is CCOc1ccc(S(=O)(=O)NCCc2ncc(C)o2)cc1. The van der Waals surface area contributed by atoms with Gasteiger partial charge in [-0.05, 0) is 38.1 Å². The highest BCUT2D eigenvalue weighted by atomic mass is 32.2. The first-order valence-corrected chi connectivity index (χ1v) is 8.13. The van der Waals surface area contributed by atoms with Gasteiger partial charge in [-0.25, -0.2) is 18.1 Å². The van der Waals surface area contributed by atoms with E-state index in [0.29, 0.717) is 30.4 Å². The Bertz CT molecular complexity index is 677. The summed E-state index contributed by atoms with van der Waals surface area (Å²) in [6.07, 6.45) is 2.01. The lowest BCUT2D eigenvalue weighted by molar-refractivity contribution is 0.340. The number of hydrogen-bond donors (Lipinski definition) is 1. The Morgan fingerprint density at radius 1 is 1.29 bits per heavy atom. The molecule has 0 aliphatic rings. The van der Waals surface area contributed by atoms with E-state index >= 15 is 0 Å². The van der Waals surface area contributed by atoms with Crippen molar-refractivity contribution in [1.82, 2.24) is 9.71 Å².